The number of imidazole rings is 1. The molecule has 0 spiro atoms. The highest BCUT2D eigenvalue weighted by Gasteiger charge is 2.30. The minimum atomic E-state index is -0.140. The molecule has 2 N–H and O–H groups in total. The Kier molecular flexibility index (Phi) is 4.16. The molecule has 1 amide bonds. The Morgan fingerprint density at radius 3 is 3.04 bits per heavy atom. The third-order valence-electron chi connectivity index (χ3n) is 3.95. The van der Waals surface area contributed by atoms with Gasteiger partial charge in [0.25, 0.3) is 5.91 Å². The molecule has 0 aromatic carbocycles. The first-order valence-electron chi connectivity index (χ1n) is 7.74. The first-order valence-corrected chi connectivity index (χ1v) is 7.74. The number of carbonyl (C=O) groups is 1. The van der Waals surface area contributed by atoms with Crippen LogP contribution in [0.5, 0.6) is 0 Å². The van der Waals surface area contributed by atoms with Crippen molar-refractivity contribution in [3.63, 3.8) is 0 Å². The quantitative estimate of drug-likeness (QED) is 0.802. The molecule has 0 unspecified atom stereocenters. The van der Waals surface area contributed by atoms with E-state index in [-0.39, 0.29) is 11.3 Å². The van der Waals surface area contributed by atoms with Crippen LogP contribution in [-0.2, 0) is 17.7 Å². The zero-order chi connectivity index (χ0) is 16.4. The summed E-state index contributed by atoms with van der Waals surface area (Å²) in [4.78, 5) is 20.0. The third-order valence-corrected chi connectivity index (χ3v) is 3.95. The molecule has 1 aliphatic rings. The number of aromatic amines is 1. The molecule has 2 aromatic heterocycles. The summed E-state index contributed by atoms with van der Waals surface area (Å²) >= 11 is 0. The Bertz CT molecular complexity index is 703. The summed E-state index contributed by atoms with van der Waals surface area (Å²) in [6.07, 6.45) is 3.28. The van der Waals surface area contributed by atoms with Crippen LogP contribution in [0.25, 0.3) is 11.6 Å². The number of hydrogen-bond donors (Lipinski definition) is 2. The van der Waals surface area contributed by atoms with Crippen LogP contribution in [0.2, 0.25) is 0 Å². The van der Waals surface area contributed by atoms with Gasteiger partial charge in [0.05, 0.1) is 0 Å². The number of H-pyrrole nitrogens is 1. The van der Waals surface area contributed by atoms with Gasteiger partial charge < -0.3 is 19.6 Å². The Morgan fingerprint density at radius 2 is 2.26 bits per heavy atom. The minimum Gasteiger partial charge on any atom is -0.385 e. The molecule has 0 aliphatic carbocycles. The SMILES string of the molecule is COCCCn1cnnc1-c1nc2c([nH]1)CC(C)(C)CNC2=O. The monoisotopic (exact) mass is 318 g/mol. The summed E-state index contributed by atoms with van der Waals surface area (Å²) in [5.74, 6) is 1.08. The van der Waals surface area contributed by atoms with Crippen molar-refractivity contribution in [2.24, 2.45) is 5.41 Å². The average molecular weight is 318 g/mol. The Balaban J connectivity index is 1.90. The second kappa shape index (κ2) is 6.11. The van der Waals surface area contributed by atoms with Crippen LogP contribution in [0.15, 0.2) is 6.33 Å². The molecule has 0 radical (unpaired) electrons. The van der Waals surface area contributed by atoms with Crippen molar-refractivity contribution in [2.45, 2.75) is 33.2 Å². The van der Waals surface area contributed by atoms with Crippen LogP contribution >= 0.6 is 0 Å². The highest BCUT2D eigenvalue weighted by atomic mass is 16.5. The molecule has 2 aromatic rings. The lowest BCUT2D eigenvalue weighted by Crippen LogP contribution is -2.32. The number of aromatic nitrogens is 5. The smallest absolute Gasteiger partial charge is 0.271 e. The number of methoxy groups -OCH3 is 1. The van der Waals surface area contributed by atoms with Crippen LogP contribution < -0.4 is 5.32 Å². The summed E-state index contributed by atoms with van der Waals surface area (Å²) in [6, 6.07) is 0. The van der Waals surface area contributed by atoms with Gasteiger partial charge in [-0.25, -0.2) is 4.98 Å². The van der Waals surface area contributed by atoms with Gasteiger partial charge in [0.1, 0.15) is 12.0 Å². The van der Waals surface area contributed by atoms with Crippen molar-refractivity contribution in [2.75, 3.05) is 20.3 Å². The topological polar surface area (TPSA) is 97.7 Å². The molecule has 23 heavy (non-hydrogen) atoms. The molecule has 8 heteroatoms. The first-order chi connectivity index (χ1) is 11.0. The summed E-state index contributed by atoms with van der Waals surface area (Å²) in [5, 5.41) is 11.0. The van der Waals surface area contributed by atoms with Crippen LogP contribution in [0.3, 0.4) is 0 Å². The normalized spacial score (nSPS) is 16.7. The number of aryl methyl sites for hydroxylation is 1. The van der Waals surface area contributed by atoms with Crippen LogP contribution in [0.4, 0.5) is 0 Å². The van der Waals surface area contributed by atoms with E-state index >= 15 is 0 Å². The molecule has 124 valence electrons. The fraction of sp³-hybridized carbons (Fsp3) is 0.600. The number of ether oxygens (including phenoxy) is 1. The van der Waals surface area contributed by atoms with Crippen LogP contribution in [0.1, 0.15) is 36.5 Å². The number of carbonyl (C=O) groups excluding carboxylic acids is 1. The highest BCUT2D eigenvalue weighted by molar-refractivity contribution is 5.94. The number of hydrogen-bond acceptors (Lipinski definition) is 5. The van der Waals surface area contributed by atoms with Gasteiger partial charge in [-0.05, 0) is 18.3 Å². The van der Waals surface area contributed by atoms with E-state index in [0.29, 0.717) is 30.5 Å². The fourth-order valence-corrected chi connectivity index (χ4v) is 2.76. The zero-order valence-corrected chi connectivity index (χ0v) is 13.7. The Morgan fingerprint density at radius 1 is 1.43 bits per heavy atom. The molecule has 3 heterocycles. The lowest BCUT2D eigenvalue weighted by atomic mass is 9.88. The van der Waals surface area contributed by atoms with E-state index in [1.165, 1.54) is 0 Å². The van der Waals surface area contributed by atoms with Gasteiger partial charge in [0.2, 0.25) is 0 Å². The van der Waals surface area contributed by atoms with E-state index in [0.717, 1.165) is 25.1 Å². The van der Waals surface area contributed by atoms with Crippen LogP contribution in [0, 0.1) is 5.41 Å². The van der Waals surface area contributed by atoms with Crippen molar-refractivity contribution in [3.05, 3.63) is 17.7 Å². The minimum absolute atomic E-state index is 0.0170. The maximum absolute atomic E-state index is 12.2. The number of rotatable bonds is 5. The molecule has 3 rings (SSSR count). The van der Waals surface area contributed by atoms with E-state index in [9.17, 15) is 4.79 Å². The second-order valence-corrected chi connectivity index (χ2v) is 6.63. The van der Waals surface area contributed by atoms with Crippen molar-refractivity contribution in [3.8, 4) is 11.6 Å². The van der Waals surface area contributed by atoms with Crippen molar-refractivity contribution in [1.82, 2.24) is 30.0 Å². The molecule has 1 aliphatic heterocycles. The largest absolute Gasteiger partial charge is 0.385 e. The van der Waals surface area contributed by atoms with E-state index in [1.54, 1.807) is 13.4 Å². The molecule has 0 saturated heterocycles. The molecule has 0 fully saturated rings. The number of nitrogens with one attached hydrogen (secondary N) is 2. The number of fused-ring (bicyclic) bond motifs is 1. The van der Waals surface area contributed by atoms with E-state index in [2.05, 4.69) is 39.3 Å². The van der Waals surface area contributed by atoms with Gasteiger partial charge in [0.15, 0.2) is 11.6 Å². The second-order valence-electron chi connectivity index (χ2n) is 6.63. The number of amides is 1. The maximum Gasteiger partial charge on any atom is 0.271 e. The zero-order valence-electron chi connectivity index (χ0n) is 13.7. The lowest BCUT2D eigenvalue weighted by Gasteiger charge is -2.21. The predicted molar refractivity (Wildman–Crippen MR) is 83.9 cm³/mol. The van der Waals surface area contributed by atoms with Gasteiger partial charge in [0, 0.05) is 32.5 Å². The van der Waals surface area contributed by atoms with Gasteiger partial charge >= 0.3 is 0 Å². The molecule has 0 atom stereocenters. The van der Waals surface area contributed by atoms with E-state index in [4.69, 9.17) is 4.74 Å². The predicted octanol–water partition coefficient (Wildman–Crippen LogP) is 1.02. The molecular weight excluding hydrogens is 296 g/mol. The lowest BCUT2D eigenvalue weighted by molar-refractivity contribution is 0.0940. The standard InChI is InChI=1S/C15H22N6O2/c1-15(2)7-10-11(14(22)16-8-15)19-12(18-10)13-20-17-9-21(13)5-4-6-23-3/h9H,4-8H2,1-3H3,(H,16,22)(H,18,19). The van der Waals surface area contributed by atoms with Gasteiger partial charge in [-0.3, -0.25) is 4.79 Å². The Labute approximate surface area is 134 Å². The van der Waals surface area contributed by atoms with E-state index in [1.807, 2.05) is 4.57 Å². The van der Waals surface area contributed by atoms with Gasteiger partial charge in [-0.1, -0.05) is 13.8 Å². The summed E-state index contributed by atoms with van der Waals surface area (Å²) in [6.45, 7) is 6.28. The van der Waals surface area contributed by atoms with Gasteiger partial charge in [-0.15, -0.1) is 10.2 Å². The molecule has 8 nitrogen and oxygen atoms in total. The van der Waals surface area contributed by atoms with Crippen molar-refractivity contribution < 1.29 is 9.53 Å². The third kappa shape index (κ3) is 3.26. The van der Waals surface area contributed by atoms with Crippen molar-refractivity contribution >= 4 is 5.91 Å². The van der Waals surface area contributed by atoms with Crippen LogP contribution in [-0.4, -0.2) is 50.9 Å². The van der Waals surface area contributed by atoms with Crippen molar-refractivity contribution in [1.29, 1.82) is 0 Å². The molecular formula is C15H22N6O2. The number of nitrogens with zero attached hydrogens (tertiary/aromatic N) is 4. The summed E-state index contributed by atoms with van der Waals surface area (Å²) < 4.78 is 6.99. The average Bonchev–Trinajstić information content (AvgIpc) is 3.09. The molecule has 0 saturated carbocycles. The Hall–Kier alpha value is -2.22. The fourth-order valence-electron chi connectivity index (χ4n) is 2.76. The van der Waals surface area contributed by atoms with Gasteiger partial charge in [-0.2, -0.15) is 0 Å². The molecule has 0 bridgehead atoms. The maximum atomic E-state index is 12.2. The first kappa shape index (κ1) is 15.7. The highest BCUT2D eigenvalue weighted by Crippen LogP contribution is 2.27. The summed E-state index contributed by atoms with van der Waals surface area (Å²) in [7, 11) is 1.68. The summed E-state index contributed by atoms with van der Waals surface area (Å²) in [5.41, 5.74) is 1.29. The van der Waals surface area contributed by atoms with E-state index < -0.39 is 0 Å².